The van der Waals surface area contributed by atoms with Crippen LogP contribution in [0.4, 0.5) is 0 Å². The first-order valence-corrected chi connectivity index (χ1v) is 11.4. The van der Waals surface area contributed by atoms with E-state index in [-0.39, 0.29) is 23.1 Å². The van der Waals surface area contributed by atoms with Gasteiger partial charge in [0.05, 0.1) is 6.04 Å². The Hall–Kier alpha value is -3.54. The molecule has 6 nitrogen and oxygen atoms in total. The van der Waals surface area contributed by atoms with Crippen molar-refractivity contribution in [2.24, 2.45) is 5.41 Å². The van der Waals surface area contributed by atoms with Crippen molar-refractivity contribution >= 4 is 5.91 Å². The van der Waals surface area contributed by atoms with Gasteiger partial charge in [-0.05, 0) is 40.5 Å². The lowest BCUT2D eigenvalue weighted by molar-refractivity contribution is 0.0611. The second-order valence-electron chi connectivity index (χ2n) is 10.2. The minimum atomic E-state index is -0.547. The van der Waals surface area contributed by atoms with Crippen molar-refractivity contribution in [3.8, 4) is 5.75 Å². The van der Waals surface area contributed by atoms with Crippen molar-refractivity contribution < 1.29 is 9.90 Å². The molecule has 0 saturated heterocycles. The Morgan fingerprint density at radius 2 is 1.48 bits per heavy atom. The molecule has 1 amide bonds. The maximum atomic E-state index is 13.4. The average molecular weight is 444 g/mol. The van der Waals surface area contributed by atoms with E-state index in [0.29, 0.717) is 13.2 Å². The fraction of sp³-hybridized carbons (Fsp3) is 0.333. The van der Waals surface area contributed by atoms with E-state index in [1.165, 1.54) is 28.3 Å². The van der Waals surface area contributed by atoms with Gasteiger partial charge >= 0.3 is 0 Å². The molecule has 1 aliphatic heterocycles. The highest BCUT2D eigenvalue weighted by Gasteiger charge is 2.39. The predicted molar refractivity (Wildman–Crippen MR) is 128 cm³/mol. The molecule has 170 valence electrons. The number of pyridine rings is 1. The topological polar surface area (TPSA) is 65.8 Å². The smallest absolute Gasteiger partial charge is 0.277 e. The summed E-state index contributed by atoms with van der Waals surface area (Å²) in [4.78, 5) is 27.5. The number of carbonyl (C=O) groups excluding carboxylic acids is 1. The van der Waals surface area contributed by atoms with Crippen LogP contribution in [0, 0.1) is 5.41 Å². The molecule has 2 aliphatic rings. The van der Waals surface area contributed by atoms with Gasteiger partial charge in [-0.1, -0.05) is 69.3 Å². The number of hydrogen-bond donors (Lipinski definition) is 1. The molecule has 1 aliphatic carbocycles. The van der Waals surface area contributed by atoms with Crippen LogP contribution in [0.15, 0.2) is 65.6 Å². The molecule has 0 radical (unpaired) electrons. The van der Waals surface area contributed by atoms with Crippen molar-refractivity contribution in [1.82, 2.24) is 9.58 Å². The molecule has 0 fully saturated rings. The molecule has 33 heavy (non-hydrogen) atoms. The first-order valence-electron chi connectivity index (χ1n) is 11.4. The number of aryl methyl sites for hydroxylation is 2. The highest BCUT2D eigenvalue weighted by molar-refractivity contribution is 5.96. The second kappa shape index (κ2) is 7.80. The fourth-order valence-electron chi connectivity index (χ4n) is 5.10. The number of aromatic nitrogens is 1. The van der Waals surface area contributed by atoms with Crippen LogP contribution in [0.25, 0.3) is 0 Å². The van der Waals surface area contributed by atoms with Gasteiger partial charge in [-0.2, -0.15) is 0 Å². The summed E-state index contributed by atoms with van der Waals surface area (Å²) in [7, 11) is 0. The summed E-state index contributed by atoms with van der Waals surface area (Å²) in [5.41, 5.74) is 4.22. The van der Waals surface area contributed by atoms with Crippen LogP contribution < -0.4 is 10.4 Å². The molecular formula is C27H29N3O3. The second-order valence-corrected chi connectivity index (χ2v) is 10.2. The van der Waals surface area contributed by atoms with E-state index in [9.17, 15) is 14.7 Å². The van der Waals surface area contributed by atoms with Crippen molar-refractivity contribution in [2.75, 3.05) is 18.2 Å². The van der Waals surface area contributed by atoms with Crippen LogP contribution >= 0.6 is 0 Å². The summed E-state index contributed by atoms with van der Waals surface area (Å²) in [6, 6.07) is 18.0. The van der Waals surface area contributed by atoms with E-state index in [1.807, 2.05) is 12.1 Å². The maximum absolute atomic E-state index is 13.4. The minimum absolute atomic E-state index is 0.0252. The van der Waals surface area contributed by atoms with Crippen LogP contribution in [0.2, 0.25) is 0 Å². The van der Waals surface area contributed by atoms with E-state index in [4.69, 9.17) is 0 Å². The molecule has 0 unspecified atom stereocenters. The van der Waals surface area contributed by atoms with Crippen molar-refractivity contribution in [1.29, 1.82) is 0 Å². The Morgan fingerprint density at radius 1 is 0.909 bits per heavy atom. The third kappa shape index (κ3) is 3.69. The van der Waals surface area contributed by atoms with Crippen molar-refractivity contribution in [2.45, 2.75) is 39.7 Å². The normalized spacial score (nSPS) is 16.2. The number of hydrogen-bond acceptors (Lipinski definition) is 4. The molecule has 2 heterocycles. The largest absolute Gasteiger partial charge is 0.502 e. The zero-order valence-corrected chi connectivity index (χ0v) is 19.3. The minimum Gasteiger partial charge on any atom is -0.502 e. The number of carbonyl (C=O) groups is 1. The number of nitrogens with zero attached hydrogens (tertiary/aromatic N) is 3. The molecule has 3 aromatic rings. The van der Waals surface area contributed by atoms with Crippen molar-refractivity contribution in [3.63, 3.8) is 0 Å². The maximum Gasteiger partial charge on any atom is 0.277 e. The van der Waals surface area contributed by atoms with Crippen LogP contribution in [0.5, 0.6) is 5.75 Å². The third-order valence-electron chi connectivity index (χ3n) is 6.46. The number of benzene rings is 2. The average Bonchev–Trinajstić information content (AvgIpc) is 2.94. The standard InChI is InChI=1S/C27H29N3O3/c1-27(2,3)16-28-17-30(29-15-14-22(31)25(32)24(29)26(28)33)23-20-10-6-4-8-18(20)12-13-19-9-5-7-11-21(19)23/h4-11,14-15,23,32H,12-13,16-17H2,1-3H3. The molecule has 6 heteroatoms. The molecule has 1 aromatic heterocycles. The SMILES string of the molecule is CC(C)(C)CN1CN(C2c3ccccc3CCc3ccccc32)n2ccc(=O)c(O)c2C1=O. The van der Waals surface area contributed by atoms with E-state index in [0.717, 1.165) is 12.8 Å². The number of rotatable bonds is 2. The lowest BCUT2D eigenvalue weighted by atomic mass is 9.93. The van der Waals surface area contributed by atoms with Gasteiger partial charge in [0.25, 0.3) is 5.91 Å². The molecular weight excluding hydrogens is 414 g/mol. The molecule has 1 N–H and O–H groups in total. The lowest BCUT2D eigenvalue weighted by Gasteiger charge is -2.45. The summed E-state index contributed by atoms with van der Waals surface area (Å²) in [5.74, 6) is -0.826. The lowest BCUT2D eigenvalue weighted by Crippen LogP contribution is -2.57. The summed E-state index contributed by atoms with van der Waals surface area (Å²) in [6.45, 7) is 7.08. The molecule has 0 atom stereocenters. The van der Waals surface area contributed by atoms with Gasteiger partial charge in [0.1, 0.15) is 6.67 Å². The Bertz CT molecular complexity index is 1240. The predicted octanol–water partition coefficient (Wildman–Crippen LogP) is 3.84. The highest BCUT2D eigenvalue weighted by atomic mass is 16.3. The molecule has 0 saturated carbocycles. The third-order valence-corrected chi connectivity index (χ3v) is 6.46. The van der Waals surface area contributed by atoms with Gasteiger partial charge in [-0.15, -0.1) is 0 Å². The van der Waals surface area contributed by atoms with E-state index < -0.39 is 11.2 Å². The van der Waals surface area contributed by atoms with Gasteiger partial charge in [-0.25, -0.2) is 0 Å². The van der Waals surface area contributed by atoms with Crippen molar-refractivity contribution in [3.05, 3.63) is 99.0 Å². The van der Waals surface area contributed by atoms with Crippen LogP contribution in [-0.2, 0) is 12.8 Å². The van der Waals surface area contributed by atoms with Crippen LogP contribution in [0.3, 0.4) is 0 Å². The summed E-state index contributed by atoms with van der Waals surface area (Å²) < 4.78 is 1.68. The Labute approximate surface area is 193 Å². The monoisotopic (exact) mass is 443 g/mol. The van der Waals surface area contributed by atoms with E-state index in [1.54, 1.807) is 15.8 Å². The first kappa shape index (κ1) is 21.3. The highest BCUT2D eigenvalue weighted by Crippen LogP contribution is 2.38. The Morgan fingerprint density at radius 3 is 2.06 bits per heavy atom. The van der Waals surface area contributed by atoms with Gasteiger partial charge in [0, 0.05) is 18.8 Å². The molecule has 5 rings (SSSR count). The number of amides is 1. The zero-order chi connectivity index (χ0) is 23.3. The number of fused-ring (bicyclic) bond motifs is 3. The van der Waals surface area contributed by atoms with Gasteiger partial charge in [0.15, 0.2) is 11.4 Å². The first-order chi connectivity index (χ1) is 15.7. The molecule has 0 bridgehead atoms. The summed E-state index contributed by atoms with van der Waals surface area (Å²) in [5, 5.41) is 12.8. The van der Waals surface area contributed by atoms with Gasteiger partial charge in [0.2, 0.25) is 5.43 Å². The van der Waals surface area contributed by atoms with Gasteiger partial charge < -0.3 is 10.0 Å². The Kier molecular flexibility index (Phi) is 5.04. The molecule has 0 spiro atoms. The van der Waals surface area contributed by atoms with Gasteiger partial charge in [-0.3, -0.25) is 19.3 Å². The van der Waals surface area contributed by atoms with Crippen LogP contribution in [0.1, 0.15) is 59.6 Å². The zero-order valence-electron chi connectivity index (χ0n) is 19.3. The van der Waals surface area contributed by atoms with E-state index in [2.05, 4.69) is 62.2 Å². The number of aromatic hydroxyl groups is 1. The van der Waals surface area contributed by atoms with E-state index >= 15 is 0 Å². The Balaban J connectivity index is 1.75. The summed E-state index contributed by atoms with van der Waals surface area (Å²) >= 11 is 0. The summed E-state index contributed by atoms with van der Waals surface area (Å²) in [6.07, 6.45) is 3.48. The molecule has 2 aromatic carbocycles. The fourth-order valence-corrected chi connectivity index (χ4v) is 5.10. The van der Waals surface area contributed by atoms with Crippen LogP contribution in [-0.4, -0.2) is 33.8 Å². The quantitative estimate of drug-likeness (QED) is 0.654.